The van der Waals surface area contributed by atoms with Crippen molar-refractivity contribution in [1.29, 1.82) is 0 Å². The van der Waals surface area contributed by atoms with Crippen LogP contribution in [-0.4, -0.2) is 45.0 Å². The van der Waals surface area contributed by atoms with E-state index >= 15 is 0 Å². The molecule has 36 heavy (non-hydrogen) atoms. The van der Waals surface area contributed by atoms with E-state index in [0.717, 1.165) is 38.5 Å². The van der Waals surface area contributed by atoms with E-state index in [2.05, 4.69) is 10.4 Å². The number of rotatable bonds is 8. The van der Waals surface area contributed by atoms with E-state index in [0.29, 0.717) is 10.9 Å². The summed E-state index contributed by atoms with van der Waals surface area (Å²) in [5, 5.41) is 7.55. The highest BCUT2D eigenvalue weighted by Gasteiger charge is 2.28. The van der Waals surface area contributed by atoms with Crippen LogP contribution in [0.1, 0.15) is 54.6 Å². The van der Waals surface area contributed by atoms with Crippen molar-refractivity contribution < 1.29 is 18.8 Å². The maximum Gasteiger partial charge on any atom is 0.269 e. The zero-order valence-corrected chi connectivity index (χ0v) is 20.6. The number of nitrogens with two attached hydrogens (primary N) is 1. The number of hydrogen-bond donors (Lipinski definition) is 2. The van der Waals surface area contributed by atoms with Crippen LogP contribution in [0.3, 0.4) is 0 Å². The molecule has 3 amide bonds. The molecule has 1 aromatic heterocycles. The van der Waals surface area contributed by atoms with Gasteiger partial charge in [0.25, 0.3) is 5.91 Å². The number of benzene rings is 2. The molecule has 1 heterocycles. The third kappa shape index (κ3) is 5.84. The van der Waals surface area contributed by atoms with Gasteiger partial charge in [-0.1, -0.05) is 67.6 Å². The van der Waals surface area contributed by atoms with Crippen LogP contribution in [0.15, 0.2) is 42.5 Å². The highest BCUT2D eigenvalue weighted by Crippen LogP contribution is 2.24. The lowest BCUT2D eigenvalue weighted by Crippen LogP contribution is -2.47. The first kappa shape index (κ1) is 25.6. The Kier molecular flexibility index (Phi) is 8.20. The lowest BCUT2D eigenvalue weighted by atomic mass is 10.1. The number of primary amides is 1. The van der Waals surface area contributed by atoms with Crippen molar-refractivity contribution >= 4 is 40.2 Å². The highest BCUT2D eigenvalue weighted by molar-refractivity contribution is 6.30. The van der Waals surface area contributed by atoms with Crippen molar-refractivity contribution in [2.24, 2.45) is 5.73 Å². The van der Waals surface area contributed by atoms with Crippen LogP contribution in [0, 0.1) is 5.82 Å². The summed E-state index contributed by atoms with van der Waals surface area (Å²) in [7, 11) is 0. The molecular formula is C26H29ClFN5O3. The Morgan fingerprint density at radius 2 is 1.81 bits per heavy atom. The minimum atomic E-state index is -0.675. The number of amides is 3. The van der Waals surface area contributed by atoms with Crippen LogP contribution in [0.2, 0.25) is 5.02 Å². The van der Waals surface area contributed by atoms with Gasteiger partial charge in [-0.05, 0) is 25.0 Å². The van der Waals surface area contributed by atoms with E-state index in [1.54, 1.807) is 41.3 Å². The van der Waals surface area contributed by atoms with Gasteiger partial charge in [0.05, 0.1) is 17.1 Å². The third-order valence-corrected chi connectivity index (χ3v) is 6.88. The number of halogens is 2. The Morgan fingerprint density at radius 1 is 1.08 bits per heavy atom. The number of carbonyl (C=O) groups excluding carboxylic acids is 3. The second-order valence-corrected chi connectivity index (χ2v) is 9.45. The maximum absolute atomic E-state index is 14.2. The molecule has 1 aliphatic carbocycles. The Balaban J connectivity index is 1.53. The molecule has 0 aliphatic heterocycles. The van der Waals surface area contributed by atoms with E-state index in [1.807, 2.05) is 0 Å². The normalized spacial score (nSPS) is 14.4. The van der Waals surface area contributed by atoms with Gasteiger partial charge in [0.1, 0.15) is 12.4 Å². The second kappa shape index (κ2) is 11.5. The Bertz CT molecular complexity index is 1270. The predicted octanol–water partition coefficient (Wildman–Crippen LogP) is 3.80. The molecule has 1 aliphatic rings. The molecule has 1 saturated carbocycles. The number of aromatic nitrogens is 2. The quantitative estimate of drug-likeness (QED) is 0.446. The molecule has 8 nitrogen and oxygen atoms in total. The molecule has 0 saturated heterocycles. The minimum Gasteiger partial charge on any atom is -0.364 e. The zero-order valence-electron chi connectivity index (χ0n) is 19.9. The molecule has 0 spiro atoms. The molecular weight excluding hydrogens is 485 g/mol. The first-order valence-electron chi connectivity index (χ1n) is 12.1. The molecule has 10 heteroatoms. The topological polar surface area (TPSA) is 110 Å². The van der Waals surface area contributed by atoms with Gasteiger partial charge in [0.2, 0.25) is 11.8 Å². The highest BCUT2D eigenvalue weighted by atomic mass is 35.5. The number of carbonyl (C=O) groups is 3. The van der Waals surface area contributed by atoms with Crippen molar-refractivity contribution in [2.45, 2.75) is 57.7 Å². The lowest BCUT2D eigenvalue weighted by molar-refractivity contribution is -0.139. The molecule has 190 valence electrons. The van der Waals surface area contributed by atoms with Gasteiger partial charge in [0.15, 0.2) is 5.69 Å². The van der Waals surface area contributed by atoms with E-state index in [1.165, 1.54) is 10.7 Å². The summed E-state index contributed by atoms with van der Waals surface area (Å²) in [6, 6.07) is 11.6. The van der Waals surface area contributed by atoms with E-state index in [4.69, 9.17) is 17.3 Å². The SMILES string of the molecule is NC(=O)c1nn(CC(=O)N(CC(=O)NCc2cccc(Cl)c2F)C2CCCCCC2)c2ccccc12. The molecule has 2 aromatic carbocycles. The Hall–Kier alpha value is -3.46. The van der Waals surface area contributed by atoms with Crippen LogP contribution < -0.4 is 11.1 Å². The fraction of sp³-hybridized carbons (Fsp3) is 0.385. The first-order chi connectivity index (χ1) is 17.3. The first-order valence-corrected chi connectivity index (χ1v) is 12.5. The standard InChI is InChI=1S/C26H29ClFN5O3/c27-20-12-7-8-17(24(20)28)14-30-22(34)15-32(18-9-3-1-2-4-10-18)23(35)16-33-21-13-6-5-11-19(21)25(31-33)26(29)36/h5-8,11-13,18H,1-4,9-10,14-16H2,(H2,29,36)(H,30,34). The van der Waals surface area contributed by atoms with Crippen LogP contribution in [0.5, 0.6) is 0 Å². The molecule has 3 N–H and O–H groups in total. The van der Waals surface area contributed by atoms with Gasteiger partial charge in [-0.2, -0.15) is 5.10 Å². The predicted molar refractivity (Wildman–Crippen MR) is 135 cm³/mol. The molecule has 0 atom stereocenters. The summed E-state index contributed by atoms with van der Waals surface area (Å²) in [6.07, 6.45) is 5.72. The summed E-state index contributed by atoms with van der Waals surface area (Å²) < 4.78 is 15.7. The van der Waals surface area contributed by atoms with Gasteiger partial charge in [-0.3, -0.25) is 19.1 Å². The summed E-state index contributed by atoms with van der Waals surface area (Å²) >= 11 is 5.83. The summed E-state index contributed by atoms with van der Waals surface area (Å²) in [6.45, 7) is -0.336. The van der Waals surface area contributed by atoms with Gasteiger partial charge >= 0.3 is 0 Å². The number of fused-ring (bicyclic) bond motifs is 1. The van der Waals surface area contributed by atoms with Crippen molar-refractivity contribution in [2.75, 3.05) is 6.54 Å². The number of hydrogen-bond acceptors (Lipinski definition) is 4. The van der Waals surface area contributed by atoms with Gasteiger partial charge in [-0.15, -0.1) is 0 Å². The fourth-order valence-electron chi connectivity index (χ4n) is 4.73. The third-order valence-electron chi connectivity index (χ3n) is 6.58. The number of nitrogens with zero attached hydrogens (tertiary/aromatic N) is 3. The van der Waals surface area contributed by atoms with Crippen LogP contribution in [0.25, 0.3) is 10.9 Å². The smallest absolute Gasteiger partial charge is 0.269 e. The maximum atomic E-state index is 14.2. The van der Waals surface area contributed by atoms with Crippen molar-refractivity contribution in [3.63, 3.8) is 0 Å². The Labute approximate surface area is 213 Å². The van der Waals surface area contributed by atoms with E-state index in [-0.39, 0.29) is 47.9 Å². The average Bonchev–Trinajstić information content (AvgIpc) is 3.02. The fourth-order valence-corrected chi connectivity index (χ4v) is 4.92. The van der Waals surface area contributed by atoms with Crippen LogP contribution in [0.4, 0.5) is 4.39 Å². The van der Waals surface area contributed by atoms with Gasteiger partial charge < -0.3 is 16.0 Å². The molecule has 0 radical (unpaired) electrons. The number of para-hydroxylation sites is 1. The van der Waals surface area contributed by atoms with Crippen LogP contribution >= 0.6 is 11.6 Å². The molecule has 0 unspecified atom stereocenters. The van der Waals surface area contributed by atoms with E-state index < -0.39 is 17.6 Å². The molecule has 1 fully saturated rings. The van der Waals surface area contributed by atoms with Gasteiger partial charge in [-0.25, -0.2) is 4.39 Å². The van der Waals surface area contributed by atoms with E-state index in [9.17, 15) is 18.8 Å². The summed E-state index contributed by atoms with van der Waals surface area (Å²) in [4.78, 5) is 39.9. The second-order valence-electron chi connectivity index (χ2n) is 9.04. The molecule has 3 aromatic rings. The number of nitrogens with one attached hydrogen (secondary N) is 1. The van der Waals surface area contributed by atoms with Gasteiger partial charge in [0, 0.05) is 23.5 Å². The van der Waals surface area contributed by atoms with Crippen LogP contribution in [-0.2, 0) is 22.7 Å². The minimum absolute atomic E-state index is 0.0150. The summed E-state index contributed by atoms with van der Waals surface area (Å²) in [5.41, 5.74) is 6.47. The molecule has 4 rings (SSSR count). The Morgan fingerprint density at radius 3 is 2.53 bits per heavy atom. The monoisotopic (exact) mass is 513 g/mol. The van der Waals surface area contributed by atoms with Crippen molar-refractivity contribution in [3.8, 4) is 0 Å². The van der Waals surface area contributed by atoms with Crippen molar-refractivity contribution in [1.82, 2.24) is 20.0 Å². The van der Waals surface area contributed by atoms with Crippen molar-refractivity contribution in [3.05, 3.63) is 64.6 Å². The zero-order chi connectivity index (χ0) is 25.7. The summed E-state index contributed by atoms with van der Waals surface area (Å²) in [5.74, 6) is -1.93. The lowest BCUT2D eigenvalue weighted by Gasteiger charge is -2.31. The molecule has 0 bridgehead atoms. The average molecular weight is 514 g/mol. The largest absolute Gasteiger partial charge is 0.364 e.